The average Bonchev–Trinajstić information content (AvgIpc) is 3.45. The molecule has 212 valence electrons. The number of fused-ring (bicyclic) bond motifs is 1. The van der Waals surface area contributed by atoms with Crippen molar-refractivity contribution in [1.29, 1.82) is 0 Å². The van der Waals surface area contributed by atoms with Crippen molar-refractivity contribution >= 4 is 39.1 Å². The molecule has 1 saturated carbocycles. The molecule has 0 aromatic heterocycles. The fourth-order valence-electron chi connectivity index (χ4n) is 4.98. The van der Waals surface area contributed by atoms with Gasteiger partial charge in [-0.2, -0.15) is 0 Å². The van der Waals surface area contributed by atoms with Crippen LogP contribution in [-0.2, 0) is 26.2 Å². The maximum absolute atomic E-state index is 13.9. The van der Waals surface area contributed by atoms with E-state index in [1.165, 1.54) is 11.8 Å². The molecule has 2 aromatic carbocycles. The van der Waals surface area contributed by atoms with Crippen LogP contribution in [0.3, 0.4) is 0 Å². The Hall–Kier alpha value is -2.98. The van der Waals surface area contributed by atoms with Crippen molar-refractivity contribution in [2.75, 3.05) is 29.8 Å². The first-order valence-electron chi connectivity index (χ1n) is 13.5. The topological polar surface area (TPSA) is 105 Å². The molecule has 0 spiro atoms. The van der Waals surface area contributed by atoms with Crippen molar-refractivity contribution in [3.63, 3.8) is 0 Å². The van der Waals surface area contributed by atoms with E-state index in [2.05, 4.69) is 5.32 Å². The third kappa shape index (κ3) is 7.16. The number of anilines is 1. The van der Waals surface area contributed by atoms with Gasteiger partial charge in [-0.25, -0.2) is 8.42 Å². The van der Waals surface area contributed by atoms with Crippen molar-refractivity contribution in [2.45, 2.75) is 64.6 Å². The molecule has 1 heterocycles. The van der Waals surface area contributed by atoms with E-state index in [4.69, 9.17) is 21.1 Å². The standard InChI is InChI=1S/C28H36ClN3O6S/c1-3-24(28(34)30-22-7-5-6-8-22)31(18-20-9-11-21(29)12-10-20)27(33)19-32(39(35,36)4-2)23-13-14-25-26(17-23)38-16-15-37-25/h9-14,17,22,24H,3-8,15-16,18-19H2,1-2H3,(H,30,34). The molecule has 1 unspecified atom stereocenters. The maximum atomic E-state index is 13.9. The summed E-state index contributed by atoms with van der Waals surface area (Å²) in [7, 11) is -3.85. The van der Waals surface area contributed by atoms with Gasteiger partial charge in [-0.3, -0.25) is 13.9 Å². The lowest BCUT2D eigenvalue weighted by Crippen LogP contribution is -2.53. The highest BCUT2D eigenvalue weighted by Gasteiger charge is 2.34. The van der Waals surface area contributed by atoms with Crippen LogP contribution in [0.5, 0.6) is 11.5 Å². The number of hydrogen-bond acceptors (Lipinski definition) is 6. The number of sulfonamides is 1. The first-order chi connectivity index (χ1) is 18.7. The molecule has 1 aliphatic carbocycles. The van der Waals surface area contributed by atoms with Gasteiger partial charge in [0.15, 0.2) is 11.5 Å². The lowest BCUT2D eigenvalue weighted by molar-refractivity contribution is -0.140. The lowest BCUT2D eigenvalue weighted by Gasteiger charge is -2.34. The normalized spacial score (nSPS) is 16.0. The number of hydrogen-bond donors (Lipinski definition) is 1. The summed E-state index contributed by atoms with van der Waals surface area (Å²) in [6.07, 6.45) is 4.34. The van der Waals surface area contributed by atoms with Crippen LogP contribution >= 0.6 is 11.6 Å². The van der Waals surface area contributed by atoms with E-state index >= 15 is 0 Å². The molecule has 2 aliphatic rings. The van der Waals surface area contributed by atoms with E-state index < -0.39 is 28.5 Å². The molecule has 1 N–H and O–H groups in total. The van der Waals surface area contributed by atoms with Gasteiger partial charge in [-0.05, 0) is 56.0 Å². The Balaban J connectivity index is 1.64. The third-order valence-corrected chi connectivity index (χ3v) is 9.14. The number of carbonyl (C=O) groups excluding carboxylic acids is 2. The van der Waals surface area contributed by atoms with Gasteiger partial charge in [-0.15, -0.1) is 0 Å². The average molecular weight is 578 g/mol. The van der Waals surface area contributed by atoms with E-state index in [-0.39, 0.29) is 24.2 Å². The SMILES string of the molecule is CCC(C(=O)NC1CCCC1)N(Cc1ccc(Cl)cc1)C(=O)CN(c1ccc2c(c1)OCCO2)S(=O)(=O)CC. The molecule has 9 nitrogen and oxygen atoms in total. The highest BCUT2D eigenvalue weighted by atomic mass is 35.5. The Labute approximate surface area is 235 Å². The number of rotatable bonds is 11. The second kappa shape index (κ2) is 12.9. The minimum atomic E-state index is -3.85. The van der Waals surface area contributed by atoms with Crippen molar-refractivity contribution in [2.24, 2.45) is 0 Å². The molecule has 11 heteroatoms. The quantitative estimate of drug-likeness (QED) is 0.430. The van der Waals surface area contributed by atoms with Crippen LogP contribution in [0.15, 0.2) is 42.5 Å². The van der Waals surface area contributed by atoms with Gasteiger partial charge in [0.25, 0.3) is 0 Å². The molecule has 2 amide bonds. The first-order valence-corrected chi connectivity index (χ1v) is 15.4. The number of nitrogens with zero attached hydrogens (tertiary/aromatic N) is 2. The van der Waals surface area contributed by atoms with E-state index in [9.17, 15) is 18.0 Å². The number of halogens is 1. The van der Waals surface area contributed by atoms with Crippen molar-refractivity contribution in [3.8, 4) is 11.5 Å². The van der Waals surface area contributed by atoms with Gasteiger partial charge in [0.05, 0.1) is 11.4 Å². The Morgan fingerprint density at radius 3 is 2.33 bits per heavy atom. The molecule has 1 aliphatic heterocycles. The Bertz CT molecular complexity index is 1260. The smallest absolute Gasteiger partial charge is 0.244 e. The Morgan fingerprint density at radius 2 is 1.69 bits per heavy atom. The number of amides is 2. The molecule has 2 aromatic rings. The zero-order valence-electron chi connectivity index (χ0n) is 22.4. The lowest BCUT2D eigenvalue weighted by atomic mass is 10.1. The molecule has 4 rings (SSSR count). The fourth-order valence-corrected chi connectivity index (χ4v) is 6.16. The number of nitrogens with one attached hydrogen (secondary N) is 1. The predicted octanol–water partition coefficient (Wildman–Crippen LogP) is 4.13. The number of carbonyl (C=O) groups is 2. The van der Waals surface area contributed by atoms with E-state index in [0.717, 1.165) is 35.6 Å². The van der Waals surface area contributed by atoms with Crippen LogP contribution in [0.1, 0.15) is 51.5 Å². The summed E-state index contributed by atoms with van der Waals surface area (Å²) >= 11 is 6.06. The second-order valence-electron chi connectivity index (χ2n) is 9.80. The zero-order valence-corrected chi connectivity index (χ0v) is 24.0. The predicted molar refractivity (Wildman–Crippen MR) is 151 cm³/mol. The minimum absolute atomic E-state index is 0.0914. The summed E-state index contributed by atoms with van der Waals surface area (Å²) in [5.74, 6) is 0.0268. The van der Waals surface area contributed by atoms with E-state index in [1.54, 1.807) is 42.5 Å². The summed E-state index contributed by atoms with van der Waals surface area (Å²) in [4.78, 5) is 28.8. The summed E-state index contributed by atoms with van der Waals surface area (Å²) in [6, 6.07) is 11.2. The number of benzene rings is 2. The van der Waals surface area contributed by atoms with Crippen LogP contribution in [0.25, 0.3) is 0 Å². The van der Waals surface area contributed by atoms with Crippen LogP contribution in [0, 0.1) is 0 Å². The Morgan fingerprint density at radius 1 is 1.03 bits per heavy atom. The highest BCUT2D eigenvalue weighted by molar-refractivity contribution is 7.92. The molecule has 0 saturated heterocycles. The van der Waals surface area contributed by atoms with Gasteiger partial charge < -0.3 is 19.7 Å². The van der Waals surface area contributed by atoms with Crippen molar-refractivity contribution in [3.05, 3.63) is 53.1 Å². The van der Waals surface area contributed by atoms with Gasteiger partial charge in [-0.1, -0.05) is 43.5 Å². The van der Waals surface area contributed by atoms with Gasteiger partial charge in [0.1, 0.15) is 25.8 Å². The molecular formula is C28H36ClN3O6S. The summed E-state index contributed by atoms with van der Waals surface area (Å²) in [5.41, 5.74) is 1.08. The summed E-state index contributed by atoms with van der Waals surface area (Å²) < 4.78 is 38.7. The van der Waals surface area contributed by atoms with Gasteiger partial charge in [0, 0.05) is 23.7 Å². The van der Waals surface area contributed by atoms with E-state index in [1.807, 2.05) is 6.92 Å². The molecule has 0 bridgehead atoms. The van der Waals surface area contributed by atoms with Gasteiger partial charge >= 0.3 is 0 Å². The van der Waals surface area contributed by atoms with Crippen LogP contribution < -0.4 is 19.1 Å². The van der Waals surface area contributed by atoms with Gasteiger partial charge in [0.2, 0.25) is 21.8 Å². The number of ether oxygens (including phenoxy) is 2. The molecule has 0 radical (unpaired) electrons. The highest BCUT2D eigenvalue weighted by Crippen LogP contribution is 2.35. The van der Waals surface area contributed by atoms with Crippen molar-refractivity contribution < 1.29 is 27.5 Å². The van der Waals surface area contributed by atoms with Crippen LogP contribution in [0.2, 0.25) is 5.02 Å². The molecular weight excluding hydrogens is 542 g/mol. The van der Waals surface area contributed by atoms with Crippen molar-refractivity contribution in [1.82, 2.24) is 10.2 Å². The zero-order chi connectivity index (χ0) is 28.0. The minimum Gasteiger partial charge on any atom is -0.486 e. The molecule has 1 fully saturated rings. The molecule has 39 heavy (non-hydrogen) atoms. The Kier molecular flexibility index (Phi) is 9.61. The van der Waals surface area contributed by atoms with Crippen LogP contribution in [0.4, 0.5) is 5.69 Å². The maximum Gasteiger partial charge on any atom is 0.244 e. The first kappa shape index (κ1) is 29.0. The summed E-state index contributed by atoms with van der Waals surface area (Å²) in [6.45, 7) is 3.80. The third-order valence-electron chi connectivity index (χ3n) is 7.15. The summed E-state index contributed by atoms with van der Waals surface area (Å²) in [5, 5.41) is 3.66. The molecule has 1 atom stereocenters. The van der Waals surface area contributed by atoms with Crippen LogP contribution in [-0.4, -0.2) is 62.7 Å². The fraction of sp³-hybridized carbons (Fsp3) is 0.500. The largest absolute Gasteiger partial charge is 0.486 e. The monoisotopic (exact) mass is 577 g/mol. The van der Waals surface area contributed by atoms with E-state index in [0.29, 0.717) is 41.8 Å². The second-order valence-corrected chi connectivity index (χ2v) is 12.4.